The number of aromatic nitrogens is 2. The van der Waals surface area contributed by atoms with Gasteiger partial charge in [0.2, 0.25) is 5.95 Å². The van der Waals surface area contributed by atoms with Gasteiger partial charge in [-0.1, -0.05) is 31.2 Å². The van der Waals surface area contributed by atoms with Crippen LogP contribution in [0.2, 0.25) is 0 Å². The average molecular weight is 508 g/mol. The van der Waals surface area contributed by atoms with Crippen LogP contribution in [-0.4, -0.2) is 54.4 Å². The Balaban J connectivity index is 1.35. The summed E-state index contributed by atoms with van der Waals surface area (Å²) in [4.78, 5) is 11.0. The van der Waals surface area contributed by atoms with Gasteiger partial charge in [-0.3, -0.25) is 0 Å². The summed E-state index contributed by atoms with van der Waals surface area (Å²) in [7, 11) is 1.60. The normalized spacial score (nSPS) is 14.5. The van der Waals surface area contributed by atoms with Crippen molar-refractivity contribution in [2.45, 2.75) is 26.2 Å². The summed E-state index contributed by atoms with van der Waals surface area (Å²) < 4.78 is 35.3. The Morgan fingerprint density at radius 2 is 1.73 bits per heavy atom. The lowest BCUT2D eigenvalue weighted by atomic mass is 9.98. The molecule has 1 aromatic heterocycles. The van der Waals surface area contributed by atoms with Gasteiger partial charge in [-0.25, -0.2) is 18.7 Å². The number of benzene rings is 2. The van der Waals surface area contributed by atoms with Crippen molar-refractivity contribution in [1.82, 2.24) is 15.1 Å². The molecular formula is C27H31F2N7O. The fourth-order valence-corrected chi connectivity index (χ4v) is 4.14. The second-order valence-corrected chi connectivity index (χ2v) is 8.95. The number of hydrazone groups is 2. The summed E-state index contributed by atoms with van der Waals surface area (Å²) in [5.41, 5.74) is 8.73. The number of rotatable bonds is 9. The third-order valence-corrected chi connectivity index (χ3v) is 6.43. The maximum Gasteiger partial charge on any atom is 0.225 e. The highest BCUT2D eigenvalue weighted by Crippen LogP contribution is 2.30. The minimum Gasteiger partial charge on any atom is -0.487 e. The highest BCUT2D eigenvalue weighted by atomic mass is 19.1. The molecule has 1 aliphatic rings. The van der Waals surface area contributed by atoms with Gasteiger partial charge in [0.1, 0.15) is 0 Å². The number of halogens is 2. The van der Waals surface area contributed by atoms with E-state index in [2.05, 4.69) is 38.7 Å². The summed E-state index contributed by atoms with van der Waals surface area (Å²) in [6, 6.07) is 9.45. The molecule has 0 atom stereocenters. The van der Waals surface area contributed by atoms with E-state index in [1.807, 2.05) is 12.4 Å². The van der Waals surface area contributed by atoms with Gasteiger partial charge in [0.25, 0.3) is 0 Å². The van der Waals surface area contributed by atoms with Crippen LogP contribution in [0.25, 0.3) is 11.1 Å². The van der Waals surface area contributed by atoms with Crippen LogP contribution in [0.1, 0.15) is 30.9 Å². The van der Waals surface area contributed by atoms with Crippen LogP contribution in [-0.2, 0) is 6.42 Å². The Kier molecular flexibility index (Phi) is 8.27. The van der Waals surface area contributed by atoms with Crippen LogP contribution in [0.4, 0.5) is 14.7 Å². The fourth-order valence-electron chi connectivity index (χ4n) is 4.14. The standard InChI is InChI=1S/C27H31F2N7O/c1-4-18-15-32-27(33-16-18)36-11-9-19(10-12-36)17-37-25-23(28)13-22(14-24(25)29)20-5-7-21(8-6-20)26(30)34-35(3)31-2/h5-8,13-16,19H,2,4,9-12,17H2,1,3H3,(H2,30,34). The van der Waals surface area contributed by atoms with Crippen LogP contribution in [0.5, 0.6) is 5.75 Å². The van der Waals surface area contributed by atoms with Gasteiger partial charge in [0.05, 0.1) is 6.61 Å². The minimum absolute atomic E-state index is 0.194. The quantitative estimate of drug-likeness (QED) is 0.261. The highest BCUT2D eigenvalue weighted by molar-refractivity contribution is 5.97. The molecule has 3 aromatic rings. The Bertz CT molecular complexity index is 1220. The molecule has 0 unspecified atom stereocenters. The minimum atomic E-state index is -0.735. The van der Waals surface area contributed by atoms with Crippen molar-refractivity contribution in [2.75, 3.05) is 31.6 Å². The second kappa shape index (κ2) is 11.8. The van der Waals surface area contributed by atoms with Crippen molar-refractivity contribution < 1.29 is 13.5 Å². The molecule has 0 amide bonds. The smallest absolute Gasteiger partial charge is 0.225 e. The van der Waals surface area contributed by atoms with E-state index in [-0.39, 0.29) is 24.1 Å². The van der Waals surface area contributed by atoms with Crippen LogP contribution < -0.4 is 15.4 Å². The highest BCUT2D eigenvalue weighted by Gasteiger charge is 2.23. The molecule has 10 heteroatoms. The van der Waals surface area contributed by atoms with E-state index in [1.165, 1.54) is 17.3 Å². The van der Waals surface area contributed by atoms with Gasteiger partial charge in [-0.15, -0.1) is 5.10 Å². The molecule has 4 rings (SSSR count). The number of ether oxygens (including phenoxy) is 1. The largest absolute Gasteiger partial charge is 0.487 e. The molecule has 2 heterocycles. The van der Waals surface area contributed by atoms with E-state index >= 15 is 0 Å². The number of amidine groups is 1. The van der Waals surface area contributed by atoms with Gasteiger partial charge in [-0.2, -0.15) is 10.2 Å². The molecule has 0 saturated carbocycles. The molecule has 8 nitrogen and oxygen atoms in total. The number of hydrogen-bond donors (Lipinski definition) is 1. The van der Waals surface area contributed by atoms with Gasteiger partial charge in [0, 0.05) is 44.8 Å². The number of nitrogens with zero attached hydrogens (tertiary/aromatic N) is 6. The maximum absolute atomic E-state index is 14.8. The maximum atomic E-state index is 14.8. The van der Waals surface area contributed by atoms with E-state index in [0.717, 1.165) is 37.9 Å². The molecule has 0 spiro atoms. The SMILES string of the molecule is C=NN(C)/N=C(\N)c1ccc(-c2cc(F)c(OCC3CCN(c4ncc(CC)cn4)CC3)c(F)c2)cc1. The van der Waals surface area contributed by atoms with Crippen molar-refractivity contribution in [3.05, 3.63) is 71.6 Å². The van der Waals surface area contributed by atoms with Gasteiger partial charge in [0.15, 0.2) is 23.2 Å². The van der Waals surface area contributed by atoms with E-state index in [9.17, 15) is 8.78 Å². The number of piperidine rings is 1. The topological polar surface area (TPSA) is 92.2 Å². The third kappa shape index (κ3) is 6.38. The van der Waals surface area contributed by atoms with Crippen LogP contribution in [0, 0.1) is 17.6 Å². The Hall–Kier alpha value is -4.08. The number of hydrogen-bond acceptors (Lipinski definition) is 7. The van der Waals surface area contributed by atoms with Crippen molar-refractivity contribution in [3.63, 3.8) is 0 Å². The fraction of sp³-hybridized carbons (Fsp3) is 0.333. The van der Waals surface area contributed by atoms with Crippen LogP contribution in [0.15, 0.2) is 59.0 Å². The van der Waals surface area contributed by atoms with E-state index < -0.39 is 11.6 Å². The first-order valence-electron chi connectivity index (χ1n) is 12.2. The van der Waals surface area contributed by atoms with E-state index in [4.69, 9.17) is 10.5 Å². The number of anilines is 1. The first-order valence-corrected chi connectivity index (χ1v) is 12.2. The number of nitrogens with two attached hydrogens (primary N) is 1. The molecule has 37 heavy (non-hydrogen) atoms. The molecule has 0 aliphatic carbocycles. The lowest BCUT2D eigenvalue weighted by Gasteiger charge is -2.31. The molecule has 2 N–H and O–H groups in total. The monoisotopic (exact) mass is 507 g/mol. The summed E-state index contributed by atoms with van der Waals surface area (Å²) in [6.07, 6.45) is 6.27. The molecule has 0 bridgehead atoms. The molecule has 194 valence electrons. The Labute approximate surface area is 215 Å². The van der Waals surface area contributed by atoms with E-state index in [0.29, 0.717) is 22.6 Å². The van der Waals surface area contributed by atoms with Crippen molar-refractivity contribution in [2.24, 2.45) is 21.9 Å². The number of aryl methyl sites for hydroxylation is 1. The van der Waals surface area contributed by atoms with Crippen molar-refractivity contribution >= 4 is 18.5 Å². The van der Waals surface area contributed by atoms with Gasteiger partial charge in [-0.05, 0) is 54.0 Å². The van der Waals surface area contributed by atoms with Crippen LogP contribution >= 0.6 is 0 Å². The zero-order valence-electron chi connectivity index (χ0n) is 21.1. The predicted octanol–water partition coefficient (Wildman–Crippen LogP) is 4.45. The summed E-state index contributed by atoms with van der Waals surface area (Å²) in [5, 5.41) is 8.92. The van der Waals surface area contributed by atoms with Gasteiger partial charge < -0.3 is 15.4 Å². The predicted molar refractivity (Wildman–Crippen MR) is 142 cm³/mol. The molecule has 0 radical (unpaired) electrons. The van der Waals surface area contributed by atoms with Crippen molar-refractivity contribution in [3.8, 4) is 16.9 Å². The van der Waals surface area contributed by atoms with Crippen LogP contribution in [0.3, 0.4) is 0 Å². The summed E-state index contributed by atoms with van der Waals surface area (Å²) in [6.45, 7) is 7.23. The second-order valence-electron chi connectivity index (χ2n) is 8.95. The Morgan fingerprint density at radius 1 is 1.11 bits per heavy atom. The summed E-state index contributed by atoms with van der Waals surface area (Å²) in [5.74, 6) is -0.665. The molecule has 1 aliphatic heterocycles. The first-order chi connectivity index (χ1) is 17.9. The van der Waals surface area contributed by atoms with E-state index in [1.54, 1.807) is 31.3 Å². The first kappa shape index (κ1) is 26.0. The zero-order chi connectivity index (χ0) is 26.4. The molecular weight excluding hydrogens is 476 g/mol. The molecule has 1 saturated heterocycles. The molecule has 1 fully saturated rings. The molecule has 2 aromatic carbocycles. The third-order valence-electron chi connectivity index (χ3n) is 6.43. The Morgan fingerprint density at radius 3 is 2.30 bits per heavy atom. The van der Waals surface area contributed by atoms with Gasteiger partial charge >= 0.3 is 0 Å². The zero-order valence-corrected chi connectivity index (χ0v) is 21.1. The lowest BCUT2D eigenvalue weighted by molar-refractivity contribution is 0.207. The van der Waals surface area contributed by atoms with Crippen molar-refractivity contribution in [1.29, 1.82) is 0 Å². The average Bonchev–Trinajstić information content (AvgIpc) is 2.93. The lowest BCUT2D eigenvalue weighted by Crippen LogP contribution is -2.36. The summed E-state index contributed by atoms with van der Waals surface area (Å²) >= 11 is 0.